The van der Waals surface area contributed by atoms with Gasteiger partial charge in [0.1, 0.15) is 11.5 Å². The zero-order valence-corrected chi connectivity index (χ0v) is 13.3. The number of amides is 1. The molecule has 0 unspecified atom stereocenters. The number of carboxylic acid groups (broad SMARTS) is 1. The van der Waals surface area contributed by atoms with E-state index in [2.05, 4.69) is 19.9 Å². The van der Waals surface area contributed by atoms with Gasteiger partial charge in [0.15, 0.2) is 0 Å². The molecule has 2 bridgehead atoms. The molecule has 1 spiro atoms. The Hall–Kier alpha value is -1.62. The van der Waals surface area contributed by atoms with Crippen molar-refractivity contribution in [3.05, 3.63) is 23.8 Å². The third-order valence-electron chi connectivity index (χ3n) is 5.08. The molecule has 2 fully saturated rings. The summed E-state index contributed by atoms with van der Waals surface area (Å²) < 4.78 is 5.88. The maximum Gasteiger partial charge on any atom is 0.310 e. The van der Waals surface area contributed by atoms with E-state index >= 15 is 0 Å². The van der Waals surface area contributed by atoms with Gasteiger partial charge in [-0.3, -0.25) is 9.59 Å². The highest BCUT2D eigenvalue weighted by molar-refractivity contribution is 5.90. The first-order chi connectivity index (χ1) is 10.4. The molecular weight excluding hydrogens is 282 g/mol. The van der Waals surface area contributed by atoms with E-state index in [1.165, 1.54) is 5.57 Å². The molecule has 3 rings (SSSR count). The van der Waals surface area contributed by atoms with Gasteiger partial charge in [-0.15, -0.1) is 0 Å². The highest BCUT2D eigenvalue weighted by Gasteiger charge is 2.67. The molecule has 3 aliphatic rings. The number of hydrogen-bond acceptors (Lipinski definition) is 3. The molecular formula is C17H23NO4. The standard InChI is InChI=1S/C17H23NO4/c1-10(2)5-4-6-11(3)18-9-17-8-7-12(22-17)13(16(20)21)14(17)15(18)19/h5,7-8,11-14H,4,6,9H2,1-3H3,(H,20,21)/t11-,12+,13-,14-,17-/m1/s1. The van der Waals surface area contributed by atoms with Crippen LogP contribution in [-0.4, -0.2) is 46.2 Å². The summed E-state index contributed by atoms with van der Waals surface area (Å²) in [5.41, 5.74) is 0.557. The Labute approximate surface area is 130 Å². The average molecular weight is 305 g/mol. The Morgan fingerprint density at radius 1 is 1.59 bits per heavy atom. The molecule has 5 heteroatoms. The topological polar surface area (TPSA) is 66.8 Å². The Balaban J connectivity index is 1.76. The minimum Gasteiger partial charge on any atom is -0.481 e. The van der Waals surface area contributed by atoms with Crippen LogP contribution < -0.4 is 0 Å². The van der Waals surface area contributed by atoms with Crippen molar-refractivity contribution in [3.63, 3.8) is 0 Å². The number of carboxylic acids is 1. The highest BCUT2D eigenvalue weighted by Crippen LogP contribution is 2.52. The largest absolute Gasteiger partial charge is 0.481 e. The summed E-state index contributed by atoms with van der Waals surface area (Å²) in [5.74, 6) is -2.31. The molecule has 22 heavy (non-hydrogen) atoms. The van der Waals surface area contributed by atoms with Crippen molar-refractivity contribution < 1.29 is 19.4 Å². The Morgan fingerprint density at radius 3 is 2.95 bits per heavy atom. The summed E-state index contributed by atoms with van der Waals surface area (Å²) >= 11 is 0. The first-order valence-corrected chi connectivity index (χ1v) is 7.89. The van der Waals surface area contributed by atoms with Crippen LogP contribution in [0.4, 0.5) is 0 Å². The minimum atomic E-state index is -0.936. The van der Waals surface area contributed by atoms with Crippen LogP contribution in [0.5, 0.6) is 0 Å². The zero-order chi connectivity index (χ0) is 16.1. The number of carbonyl (C=O) groups is 2. The first-order valence-electron chi connectivity index (χ1n) is 7.89. The van der Waals surface area contributed by atoms with Gasteiger partial charge in [0.25, 0.3) is 0 Å². The van der Waals surface area contributed by atoms with Gasteiger partial charge in [0, 0.05) is 6.04 Å². The SMILES string of the molecule is CC(C)=CCC[C@@H](C)N1C[C@@]23C=C[C@H](O2)[C@@H](C(=O)O)[C@@H]3C1=O. The van der Waals surface area contributed by atoms with Crippen LogP contribution in [-0.2, 0) is 14.3 Å². The lowest BCUT2D eigenvalue weighted by atomic mass is 9.77. The molecule has 0 aromatic heterocycles. The normalized spacial score (nSPS) is 36.6. The number of aliphatic carboxylic acids is 1. The maximum atomic E-state index is 12.8. The molecule has 3 aliphatic heterocycles. The first kappa shape index (κ1) is 15.3. The molecule has 120 valence electrons. The van der Waals surface area contributed by atoms with Crippen molar-refractivity contribution in [1.82, 2.24) is 4.90 Å². The van der Waals surface area contributed by atoms with Gasteiger partial charge in [-0.2, -0.15) is 0 Å². The zero-order valence-electron chi connectivity index (χ0n) is 13.3. The van der Waals surface area contributed by atoms with Crippen LogP contribution >= 0.6 is 0 Å². The molecule has 2 saturated heterocycles. The van der Waals surface area contributed by atoms with E-state index in [-0.39, 0.29) is 11.9 Å². The molecule has 5 nitrogen and oxygen atoms in total. The molecule has 0 aromatic carbocycles. The summed E-state index contributed by atoms with van der Waals surface area (Å²) in [4.78, 5) is 26.1. The van der Waals surface area contributed by atoms with Crippen LogP contribution in [0.2, 0.25) is 0 Å². The van der Waals surface area contributed by atoms with Crippen molar-refractivity contribution >= 4 is 11.9 Å². The van der Waals surface area contributed by atoms with Gasteiger partial charge in [0.2, 0.25) is 5.91 Å². The van der Waals surface area contributed by atoms with E-state index in [0.29, 0.717) is 6.54 Å². The summed E-state index contributed by atoms with van der Waals surface area (Å²) in [6.45, 7) is 6.62. The lowest BCUT2D eigenvalue weighted by Gasteiger charge is -2.27. The molecule has 0 radical (unpaired) electrons. The molecule has 0 aromatic rings. The Bertz CT molecular complexity index is 563. The number of carbonyl (C=O) groups excluding carboxylic acids is 1. The summed E-state index contributed by atoms with van der Waals surface area (Å²) in [6.07, 6.45) is 7.23. The van der Waals surface area contributed by atoms with E-state index in [0.717, 1.165) is 12.8 Å². The summed E-state index contributed by atoms with van der Waals surface area (Å²) in [6, 6.07) is 0.0913. The van der Waals surface area contributed by atoms with Crippen LogP contribution in [0.25, 0.3) is 0 Å². The monoisotopic (exact) mass is 305 g/mol. The number of nitrogens with zero attached hydrogens (tertiary/aromatic N) is 1. The fourth-order valence-corrected chi connectivity index (χ4v) is 3.95. The summed E-state index contributed by atoms with van der Waals surface area (Å²) in [5, 5.41) is 9.43. The quantitative estimate of drug-likeness (QED) is 0.789. The number of hydrogen-bond donors (Lipinski definition) is 1. The predicted molar refractivity (Wildman–Crippen MR) is 81.2 cm³/mol. The lowest BCUT2D eigenvalue weighted by Crippen LogP contribution is -2.40. The second-order valence-electron chi connectivity index (χ2n) is 6.91. The second-order valence-corrected chi connectivity index (χ2v) is 6.91. The van der Waals surface area contributed by atoms with Crippen molar-refractivity contribution in [3.8, 4) is 0 Å². The number of fused-ring (bicyclic) bond motifs is 1. The van der Waals surface area contributed by atoms with Crippen LogP contribution in [0.3, 0.4) is 0 Å². The number of rotatable bonds is 5. The van der Waals surface area contributed by atoms with Gasteiger partial charge in [-0.1, -0.05) is 23.8 Å². The van der Waals surface area contributed by atoms with Gasteiger partial charge in [-0.05, 0) is 33.6 Å². The third kappa shape index (κ3) is 2.19. The van der Waals surface area contributed by atoms with Gasteiger partial charge in [-0.25, -0.2) is 0 Å². The number of allylic oxidation sites excluding steroid dienone is 2. The van der Waals surface area contributed by atoms with E-state index in [1.54, 1.807) is 6.08 Å². The Kier molecular flexibility index (Phi) is 3.63. The van der Waals surface area contributed by atoms with Crippen LogP contribution in [0.15, 0.2) is 23.8 Å². The molecule has 5 atom stereocenters. The van der Waals surface area contributed by atoms with E-state index in [9.17, 15) is 14.7 Å². The average Bonchev–Trinajstić information content (AvgIpc) is 3.06. The number of ether oxygens (including phenoxy) is 1. The predicted octanol–water partition coefficient (Wildman–Crippen LogP) is 1.99. The molecule has 1 N–H and O–H groups in total. The second kappa shape index (κ2) is 5.23. The van der Waals surface area contributed by atoms with E-state index in [1.807, 2.05) is 17.9 Å². The fourth-order valence-electron chi connectivity index (χ4n) is 3.95. The highest BCUT2D eigenvalue weighted by atomic mass is 16.5. The fraction of sp³-hybridized carbons (Fsp3) is 0.647. The number of likely N-dealkylation sites (tertiary alicyclic amines) is 1. The smallest absolute Gasteiger partial charge is 0.310 e. The van der Waals surface area contributed by atoms with E-state index in [4.69, 9.17) is 4.74 Å². The summed E-state index contributed by atoms with van der Waals surface area (Å²) in [7, 11) is 0. The van der Waals surface area contributed by atoms with Crippen molar-refractivity contribution in [2.45, 2.75) is 51.4 Å². The van der Waals surface area contributed by atoms with Crippen molar-refractivity contribution in [1.29, 1.82) is 0 Å². The Morgan fingerprint density at radius 2 is 2.32 bits per heavy atom. The lowest BCUT2D eigenvalue weighted by molar-refractivity contribution is -0.148. The molecule has 0 aliphatic carbocycles. The maximum absolute atomic E-state index is 12.8. The van der Waals surface area contributed by atoms with Gasteiger partial charge < -0.3 is 14.7 Å². The minimum absolute atomic E-state index is 0.0658. The van der Waals surface area contributed by atoms with Gasteiger partial charge in [0.05, 0.1) is 18.6 Å². The van der Waals surface area contributed by atoms with Gasteiger partial charge >= 0.3 is 5.97 Å². The van der Waals surface area contributed by atoms with Crippen molar-refractivity contribution in [2.24, 2.45) is 11.8 Å². The van der Waals surface area contributed by atoms with Crippen LogP contribution in [0.1, 0.15) is 33.6 Å². The third-order valence-corrected chi connectivity index (χ3v) is 5.08. The van der Waals surface area contributed by atoms with Crippen molar-refractivity contribution in [2.75, 3.05) is 6.54 Å². The molecule has 1 amide bonds. The molecule has 3 heterocycles. The van der Waals surface area contributed by atoms with E-state index < -0.39 is 29.5 Å². The molecule has 0 saturated carbocycles. The van der Waals surface area contributed by atoms with Crippen LogP contribution in [0, 0.1) is 11.8 Å².